The molecule has 0 aliphatic rings. The van der Waals surface area contributed by atoms with Crippen molar-refractivity contribution in [2.45, 2.75) is 26.7 Å². The van der Waals surface area contributed by atoms with Gasteiger partial charge in [-0.05, 0) is 25.5 Å². The summed E-state index contributed by atoms with van der Waals surface area (Å²) in [7, 11) is 0. The highest BCUT2D eigenvalue weighted by atomic mass is 32.1. The standard InChI is InChI=1S/C14H14N4OS/c1-3-6-12-16-17-14(20-12)18-9(2)15-11-8-5-4-7-10(11)13(18)19/h4-5,7-8H,3,6H2,1-2H3. The van der Waals surface area contributed by atoms with Gasteiger partial charge in [0, 0.05) is 6.42 Å². The number of aromatic nitrogens is 4. The van der Waals surface area contributed by atoms with Gasteiger partial charge < -0.3 is 0 Å². The Morgan fingerprint density at radius 2 is 2.05 bits per heavy atom. The lowest BCUT2D eigenvalue weighted by Gasteiger charge is -2.06. The summed E-state index contributed by atoms with van der Waals surface area (Å²) in [5.74, 6) is 0.632. The van der Waals surface area contributed by atoms with E-state index in [1.807, 2.05) is 25.1 Å². The molecule has 3 aromatic rings. The van der Waals surface area contributed by atoms with E-state index in [4.69, 9.17) is 0 Å². The smallest absolute Gasteiger partial charge is 0.267 e. The number of benzene rings is 1. The molecule has 0 aliphatic carbocycles. The van der Waals surface area contributed by atoms with Crippen molar-refractivity contribution in [3.63, 3.8) is 0 Å². The van der Waals surface area contributed by atoms with Crippen LogP contribution < -0.4 is 5.56 Å². The van der Waals surface area contributed by atoms with Crippen molar-refractivity contribution in [3.05, 3.63) is 45.5 Å². The minimum Gasteiger partial charge on any atom is -0.268 e. The van der Waals surface area contributed by atoms with E-state index in [2.05, 4.69) is 22.1 Å². The predicted molar refractivity (Wildman–Crippen MR) is 79.5 cm³/mol. The molecule has 0 N–H and O–H groups in total. The highest BCUT2D eigenvalue weighted by Crippen LogP contribution is 2.17. The van der Waals surface area contributed by atoms with Gasteiger partial charge in [-0.1, -0.05) is 30.4 Å². The molecule has 0 bridgehead atoms. The number of para-hydroxylation sites is 1. The zero-order valence-corrected chi connectivity index (χ0v) is 12.1. The van der Waals surface area contributed by atoms with E-state index >= 15 is 0 Å². The van der Waals surface area contributed by atoms with Crippen LogP contribution in [0.4, 0.5) is 0 Å². The van der Waals surface area contributed by atoms with Crippen molar-refractivity contribution in [1.29, 1.82) is 0 Å². The average molecular weight is 286 g/mol. The van der Waals surface area contributed by atoms with E-state index in [0.29, 0.717) is 21.9 Å². The molecule has 0 unspecified atom stereocenters. The van der Waals surface area contributed by atoms with Crippen LogP contribution in [0.25, 0.3) is 16.0 Å². The van der Waals surface area contributed by atoms with Crippen LogP contribution in [0.2, 0.25) is 0 Å². The predicted octanol–water partition coefficient (Wildman–Crippen LogP) is 2.50. The Kier molecular flexibility index (Phi) is 3.31. The fourth-order valence-electron chi connectivity index (χ4n) is 2.12. The van der Waals surface area contributed by atoms with Gasteiger partial charge in [0.15, 0.2) is 0 Å². The van der Waals surface area contributed by atoms with Crippen molar-refractivity contribution >= 4 is 22.2 Å². The second-order valence-electron chi connectivity index (χ2n) is 4.55. The molecule has 6 heteroatoms. The van der Waals surface area contributed by atoms with Crippen LogP contribution in [0.1, 0.15) is 24.2 Å². The van der Waals surface area contributed by atoms with Gasteiger partial charge in [-0.3, -0.25) is 4.79 Å². The van der Waals surface area contributed by atoms with Crippen molar-refractivity contribution < 1.29 is 0 Å². The lowest BCUT2D eigenvalue weighted by Crippen LogP contribution is -2.22. The van der Waals surface area contributed by atoms with Gasteiger partial charge in [-0.25, -0.2) is 9.55 Å². The van der Waals surface area contributed by atoms with E-state index in [9.17, 15) is 4.79 Å². The van der Waals surface area contributed by atoms with Gasteiger partial charge in [-0.15, -0.1) is 10.2 Å². The second kappa shape index (κ2) is 5.13. The highest BCUT2D eigenvalue weighted by molar-refractivity contribution is 7.13. The van der Waals surface area contributed by atoms with E-state index in [-0.39, 0.29) is 5.56 Å². The van der Waals surface area contributed by atoms with Crippen LogP contribution in [-0.4, -0.2) is 19.7 Å². The van der Waals surface area contributed by atoms with Crippen molar-refractivity contribution in [1.82, 2.24) is 19.7 Å². The Morgan fingerprint density at radius 1 is 1.25 bits per heavy atom. The van der Waals surface area contributed by atoms with Crippen molar-refractivity contribution in [3.8, 4) is 5.13 Å². The molecule has 0 saturated heterocycles. The number of fused-ring (bicyclic) bond motifs is 1. The Hall–Kier alpha value is -2.08. The van der Waals surface area contributed by atoms with Crippen LogP contribution in [0, 0.1) is 6.92 Å². The number of aryl methyl sites for hydroxylation is 2. The maximum atomic E-state index is 12.6. The first-order valence-corrected chi connectivity index (χ1v) is 7.33. The van der Waals surface area contributed by atoms with E-state index in [0.717, 1.165) is 17.8 Å². The fourth-order valence-corrected chi connectivity index (χ4v) is 3.11. The maximum Gasteiger partial charge on any atom is 0.267 e. The lowest BCUT2D eigenvalue weighted by atomic mass is 10.2. The molecule has 0 fully saturated rings. The van der Waals surface area contributed by atoms with Crippen LogP contribution in [0.3, 0.4) is 0 Å². The number of hydrogen-bond acceptors (Lipinski definition) is 5. The Bertz CT molecular complexity index is 821. The minimum atomic E-state index is -0.0905. The SMILES string of the molecule is CCCc1nnc(-n2c(C)nc3ccccc3c2=O)s1. The summed E-state index contributed by atoms with van der Waals surface area (Å²) in [6, 6.07) is 7.35. The number of nitrogens with zero attached hydrogens (tertiary/aromatic N) is 4. The monoisotopic (exact) mass is 286 g/mol. The van der Waals surface area contributed by atoms with Crippen molar-refractivity contribution in [2.75, 3.05) is 0 Å². The summed E-state index contributed by atoms with van der Waals surface area (Å²) in [6.45, 7) is 3.91. The lowest BCUT2D eigenvalue weighted by molar-refractivity contribution is 0.839. The minimum absolute atomic E-state index is 0.0905. The van der Waals surface area contributed by atoms with Gasteiger partial charge in [0.25, 0.3) is 5.56 Å². The number of rotatable bonds is 3. The molecule has 20 heavy (non-hydrogen) atoms. The van der Waals surface area contributed by atoms with E-state index in [1.165, 1.54) is 11.3 Å². The molecular formula is C14H14N4OS. The quantitative estimate of drug-likeness (QED) is 0.742. The molecular weight excluding hydrogens is 272 g/mol. The third kappa shape index (κ3) is 2.12. The summed E-state index contributed by atoms with van der Waals surface area (Å²) >= 11 is 1.45. The zero-order valence-electron chi connectivity index (χ0n) is 11.3. The number of hydrogen-bond donors (Lipinski definition) is 0. The molecule has 3 rings (SSSR count). The van der Waals surface area contributed by atoms with Crippen LogP contribution in [0.15, 0.2) is 29.1 Å². The average Bonchev–Trinajstić information content (AvgIpc) is 2.87. The zero-order chi connectivity index (χ0) is 14.1. The van der Waals surface area contributed by atoms with Gasteiger partial charge in [0.1, 0.15) is 10.8 Å². The molecule has 0 atom stereocenters. The molecule has 1 aromatic carbocycles. The Labute approximate surface area is 119 Å². The summed E-state index contributed by atoms with van der Waals surface area (Å²) in [6.07, 6.45) is 1.89. The Balaban J connectivity index is 2.22. The summed E-state index contributed by atoms with van der Waals surface area (Å²) in [5.41, 5.74) is 0.622. The largest absolute Gasteiger partial charge is 0.268 e. The molecule has 0 aliphatic heterocycles. The molecule has 0 saturated carbocycles. The molecule has 102 valence electrons. The van der Waals surface area contributed by atoms with Crippen LogP contribution in [-0.2, 0) is 6.42 Å². The fraction of sp³-hybridized carbons (Fsp3) is 0.286. The van der Waals surface area contributed by atoms with E-state index < -0.39 is 0 Å². The van der Waals surface area contributed by atoms with Crippen molar-refractivity contribution in [2.24, 2.45) is 0 Å². The topological polar surface area (TPSA) is 60.7 Å². The van der Waals surface area contributed by atoms with Gasteiger partial charge >= 0.3 is 0 Å². The van der Waals surface area contributed by atoms with E-state index in [1.54, 1.807) is 10.6 Å². The molecule has 5 nitrogen and oxygen atoms in total. The summed E-state index contributed by atoms with van der Waals surface area (Å²) < 4.78 is 1.54. The molecule has 0 radical (unpaired) electrons. The van der Waals surface area contributed by atoms with Gasteiger partial charge in [0.2, 0.25) is 5.13 Å². The summed E-state index contributed by atoms with van der Waals surface area (Å²) in [5, 5.41) is 10.4. The Morgan fingerprint density at radius 3 is 2.85 bits per heavy atom. The third-order valence-corrected chi connectivity index (χ3v) is 4.02. The first-order chi connectivity index (χ1) is 9.70. The second-order valence-corrected chi connectivity index (χ2v) is 5.59. The molecule has 2 heterocycles. The highest BCUT2D eigenvalue weighted by Gasteiger charge is 2.13. The molecule has 0 spiro atoms. The third-order valence-electron chi connectivity index (χ3n) is 3.05. The first kappa shape index (κ1) is 12.9. The molecule has 2 aromatic heterocycles. The first-order valence-electron chi connectivity index (χ1n) is 6.52. The maximum absolute atomic E-state index is 12.6. The molecule has 0 amide bonds. The summed E-state index contributed by atoms with van der Waals surface area (Å²) in [4.78, 5) is 17.0. The van der Waals surface area contributed by atoms with Crippen LogP contribution in [0.5, 0.6) is 0 Å². The van der Waals surface area contributed by atoms with Gasteiger partial charge in [-0.2, -0.15) is 0 Å². The normalized spacial score (nSPS) is 11.1. The van der Waals surface area contributed by atoms with Gasteiger partial charge in [0.05, 0.1) is 10.9 Å². The van der Waals surface area contributed by atoms with Crippen LogP contribution >= 0.6 is 11.3 Å².